The van der Waals surface area contributed by atoms with Crippen molar-refractivity contribution in [3.05, 3.63) is 39.3 Å². The SMILES string of the molecule is [B]c1c([B])c(O)c2c(C(=O)c3cc(F)c(O)c(Br)c3)c(C(C)O)oc2c1[B]. The highest BCUT2D eigenvalue weighted by atomic mass is 79.9. The fourth-order valence-electron chi connectivity index (χ4n) is 2.75. The summed E-state index contributed by atoms with van der Waals surface area (Å²) in [5.41, 5.74) is -1.05. The van der Waals surface area contributed by atoms with Gasteiger partial charge in [0.25, 0.3) is 0 Å². The number of ketones is 1. The Bertz CT molecular complexity index is 1090. The molecule has 3 aromatic rings. The van der Waals surface area contributed by atoms with Gasteiger partial charge in [-0.2, -0.15) is 0 Å². The highest BCUT2D eigenvalue weighted by molar-refractivity contribution is 9.10. The van der Waals surface area contributed by atoms with Gasteiger partial charge >= 0.3 is 0 Å². The standard InChI is InChI=1S/C17H9B3BrFO5/c1-4(23)16-8(13(24)5-2-6(21)14(25)7(22)3-5)9-15(26)11(19)10(18)12(20)17(9)27-16/h2-4,23,25-26H,1H3. The molecule has 0 fully saturated rings. The molecule has 0 aliphatic rings. The summed E-state index contributed by atoms with van der Waals surface area (Å²) in [6.45, 7) is 1.34. The highest BCUT2D eigenvalue weighted by Gasteiger charge is 2.29. The first-order chi connectivity index (χ1) is 12.6. The summed E-state index contributed by atoms with van der Waals surface area (Å²) < 4.78 is 19.3. The summed E-state index contributed by atoms with van der Waals surface area (Å²) in [6, 6.07) is 2.00. The van der Waals surface area contributed by atoms with E-state index in [1.54, 1.807) is 0 Å². The molecule has 6 radical (unpaired) electrons. The van der Waals surface area contributed by atoms with Gasteiger partial charge in [0, 0.05) is 5.56 Å². The Kier molecular flexibility index (Phi) is 4.90. The van der Waals surface area contributed by atoms with Crippen molar-refractivity contribution in [1.29, 1.82) is 0 Å². The predicted molar refractivity (Wildman–Crippen MR) is 104 cm³/mol. The number of carbonyl (C=O) groups excluding carboxylic acids is 1. The number of furan rings is 1. The van der Waals surface area contributed by atoms with E-state index in [9.17, 15) is 24.5 Å². The summed E-state index contributed by atoms with van der Waals surface area (Å²) in [4.78, 5) is 13.1. The number of aliphatic hydroxyl groups excluding tert-OH is 1. The van der Waals surface area contributed by atoms with Crippen molar-refractivity contribution in [2.24, 2.45) is 0 Å². The molecule has 1 aromatic heterocycles. The van der Waals surface area contributed by atoms with E-state index in [2.05, 4.69) is 15.9 Å². The van der Waals surface area contributed by atoms with Gasteiger partial charge in [-0.3, -0.25) is 4.79 Å². The minimum Gasteiger partial charge on any atom is -0.508 e. The van der Waals surface area contributed by atoms with E-state index >= 15 is 0 Å². The maximum Gasteiger partial charge on any atom is 0.197 e. The largest absolute Gasteiger partial charge is 0.508 e. The van der Waals surface area contributed by atoms with E-state index in [0.717, 1.165) is 6.07 Å². The van der Waals surface area contributed by atoms with E-state index in [0.29, 0.717) is 0 Å². The molecule has 0 spiro atoms. The average Bonchev–Trinajstić information content (AvgIpc) is 3.02. The van der Waals surface area contributed by atoms with Crippen LogP contribution in [0, 0.1) is 5.82 Å². The Balaban J connectivity index is 2.40. The normalized spacial score (nSPS) is 12.4. The third kappa shape index (κ3) is 2.97. The molecule has 0 aliphatic carbocycles. The van der Waals surface area contributed by atoms with E-state index in [-0.39, 0.29) is 48.7 Å². The molecule has 0 saturated carbocycles. The molecule has 27 heavy (non-hydrogen) atoms. The Morgan fingerprint density at radius 3 is 2.33 bits per heavy atom. The molecule has 130 valence electrons. The Morgan fingerprint density at radius 2 is 1.78 bits per heavy atom. The lowest BCUT2D eigenvalue weighted by Gasteiger charge is -2.11. The van der Waals surface area contributed by atoms with Crippen molar-refractivity contribution < 1.29 is 28.9 Å². The molecule has 0 aliphatic heterocycles. The van der Waals surface area contributed by atoms with Crippen molar-refractivity contribution in [3.8, 4) is 11.5 Å². The number of rotatable bonds is 3. The van der Waals surface area contributed by atoms with Crippen molar-refractivity contribution >= 4 is 72.6 Å². The number of benzene rings is 2. The van der Waals surface area contributed by atoms with Crippen LogP contribution in [0.1, 0.15) is 34.7 Å². The van der Waals surface area contributed by atoms with Crippen LogP contribution in [-0.4, -0.2) is 44.6 Å². The van der Waals surface area contributed by atoms with E-state index in [1.165, 1.54) is 13.0 Å². The number of fused-ring (bicyclic) bond motifs is 1. The quantitative estimate of drug-likeness (QED) is 0.419. The maximum absolute atomic E-state index is 13.9. The van der Waals surface area contributed by atoms with E-state index in [4.69, 9.17) is 28.0 Å². The van der Waals surface area contributed by atoms with Gasteiger partial charge in [0.1, 0.15) is 46.7 Å². The number of aromatic hydroxyl groups is 2. The van der Waals surface area contributed by atoms with Gasteiger partial charge < -0.3 is 19.7 Å². The number of hydrogen-bond donors (Lipinski definition) is 3. The third-order valence-electron chi connectivity index (χ3n) is 4.14. The Hall–Kier alpha value is -2.19. The van der Waals surface area contributed by atoms with Crippen LogP contribution in [0.25, 0.3) is 11.0 Å². The Labute approximate surface area is 165 Å². The van der Waals surface area contributed by atoms with Crippen LogP contribution in [0.5, 0.6) is 11.5 Å². The lowest BCUT2D eigenvalue weighted by molar-refractivity contribution is 0.102. The number of phenolic OH excluding ortho intramolecular Hbond substituents is 2. The smallest absolute Gasteiger partial charge is 0.197 e. The van der Waals surface area contributed by atoms with E-state index in [1.807, 2.05) is 0 Å². The van der Waals surface area contributed by atoms with Gasteiger partial charge in [-0.05, 0) is 35.0 Å². The third-order valence-corrected chi connectivity index (χ3v) is 4.74. The second-order valence-corrected chi connectivity index (χ2v) is 6.78. The second kappa shape index (κ2) is 6.76. The van der Waals surface area contributed by atoms with Gasteiger partial charge in [-0.25, -0.2) is 4.39 Å². The number of hydrogen-bond acceptors (Lipinski definition) is 5. The first kappa shape index (κ1) is 19.6. The van der Waals surface area contributed by atoms with Gasteiger partial charge in [-0.15, -0.1) is 5.46 Å². The summed E-state index contributed by atoms with van der Waals surface area (Å²) in [5, 5.41) is 29.8. The first-order valence-electron chi connectivity index (χ1n) is 7.58. The minimum atomic E-state index is -1.26. The molecule has 0 bridgehead atoms. The van der Waals surface area contributed by atoms with Crippen molar-refractivity contribution in [2.45, 2.75) is 13.0 Å². The fraction of sp³-hybridized carbons (Fsp3) is 0.118. The molecule has 5 nitrogen and oxygen atoms in total. The van der Waals surface area contributed by atoms with Crippen LogP contribution in [0.2, 0.25) is 0 Å². The van der Waals surface area contributed by atoms with Crippen molar-refractivity contribution in [1.82, 2.24) is 0 Å². The van der Waals surface area contributed by atoms with Gasteiger partial charge in [0.2, 0.25) is 0 Å². The highest BCUT2D eigenvalue weighted by Crippen LogP contribution is 2.36. The number of halogens is 2. The number of carbonyl (C=O) groups is 1. The minimum absolute atomic E-state index is 0.0512. The molecule has 1 atom stereocenters. The first-order valence-corrected chi connectivity index (χ1v) is 8.38. The van der Waals surface area contributed by atoms with Crippen LogP contribution in [0.15, 0.2) is 21.0 Å². The van der Waals surface area contributed by atoms with Crippen molar-refractivity contribution in [3.63, 3.8) is 0 Å². The molecule has 0 saturated heterocycles. The van der Waals surface area contributed by atoms with E-state index < -0.39 is 29.2 Å². The number of phenols is 2. The molecular weight excluding hydrogens is 416 g/mol. The van der Waals surface area contributed by atoms with Crippen LogP contribution >= 0.6 is 15.9 Å². The molecule has 1 unspecified atom stereocenters. The average molecular weight is 425 g/mol. The summed E-state index contributed by atoms with van der Waals surface area (Å²) in [7, 11) is 17.3. The molecular formula is C17H9B3BrFO5. The van der Waals surface area contributed by atoms with Gasteiger partial charge in [0.15, 0.2) is 17.3 Å². The van der Waals surface area contributed by atoms with Crippen LogP contribution < -0.4 is 16.4 Å². The summed E-state index contributed by atoms with van der Waals surface area (Å²) in [5.74, 6) is -3.24. The lowest BCUT2D eigenvalue weighted by Crippen LogP contribution is -2.39. The zero-order valence-electron chi connectivity index (χ0n) is 13.9. The van der Waals surface area contributed by atoms with Crippen molar-refractivity contribution in [2.75, 3.05) is 0 Å². The Morgan fingerprint density at radius 1 is 1.15 bits per heavy atom. The fourth-order valence-corrected chi connectivity index (χ4v) is 3.19. The predicted octanol–water partition coefficient (Wildman–Crippen LogP) is 0.411. The molecule has 2 aromatic carbocycles. The van der Waals surface area contributed by atoms with Crippen LogP contribution in [0.3, 0.4) is 0 Å². The zero-order chi connectivity index (χ0) is 20.2. The number of aliphatic hydroxyl groups is 1. The molecule has 1 heterocycles. The molecule has 10 heteroatoms. The van der Waals surface area contributed by atoms with Gasteiger partial charge in [-0.1, -0.05) is 10.9 Å². The topological polar surface area (TPSA) is 90.9 Å². The maximum atomic E-state index is 13.9. The van der Waals surface area contributed by atoms with Crippen LogP contribution in [0.4, 0.5) is 4.39 Å². The molecule has 0 amide bonds. The monoisotopic (exact) mass is 424 g/mol. The zero-order valence-corrected chi connectivity index (χ0v) is 15.5. The molecule has 3 N–H and O–H groups in total. The molecule has 3 rings (SSSR count). The van der Waals surface area contributed by atoms with Gasteiger partial charge in [0.05, 0.1) is 15.4 Å². The van der Waals surface area contributed by atoms with Crippen LogP contribution in [-0.2, 0) is 0 Å². The lowest BCUT2D eigenvalue weighted by atomic mass is 9.70. The second-order valence-electron chi connectivity index (χ2n) is 5.93. The summed E-state index contributed by atoms with van der Waals surface area (Å²) >= 11 is 2.95. The summed E-state index contributed by atoms with van der Waals surface area (Å²) in [6.07, 6.45) is -1.26.